The molecule has 1 aromatic carbocycles. The molecular weight excluding hydrogens is 234 g/mol. The van der Waals surface area contributed by atoms with Crippen LogP contribution in [-0.2, 0) is 13.1 Å². The van der Waals surface area contributed by atoms with Crippen LogP contribution in [0.15, 0.2) is 24.3 Å². The fourth-order valence-corrected chi connectivity index (χ4v) is 2.02. The molecule has 1 aromatic rings. The van der Waals surface area contributed by atoms with E-state index in [1.165, 1.54) is 17.5 Å². The summed E-state index contributed by atoms with van der Waals surface area (Å²) < 4.78 is 0. The highest BCUT2D eigenvalue weighted by atomic mass is 15.1. The van der Waals surface area contributed by atoms with E-state index < -0.39 is 0 Å². The van der Waals surface area contributed by atoms with Gasteiger partial charge in [0, 0.05) is 26.2 Å². The molecule has 0 aliphatic rings. The zero-order chi connectivity index (χ0) is 14.1. The predicted molar refractivity (Wildman–Crippen MR) is 83.3 cm³/mol. The maximum Gasteiger partial charge on any atom is 0.0234 e. The first kappa shape index (κ1) is 16.2. The van der Waals surface area contributed by atoms with Crippen LogP contribution >= 0.6 is 0 Å². The normalized spacial score (nSPS) is 11.5. The molecule has 0 radical (unpaired) electrons. The second-order valence-corrected chi connectivity index (χ2v) is 5.49. The molecule has 0 aliphatic carbocycles. The molecule has 108 valence electrons. The van der Waals surface area contributed by atoms with Gasteiger partial charge in [0.25, 0.3) is 0 Å². The topological polar surface area (TPSA) is 18.5 Å². The lowest BCUT2D eigenvalue weighted by molar-refractivity contribution is 0.275. The molecule has 0 unspecified atom stereocenters. The summed E-state index contributed by atoms with van der Waals surface area (Å²) in [6, 6.07) is 8.75. The Labute approximate surface area is 118 Å². The lowest BCUT2D eigenvalue weighted by atomic mass is 10.1. The minimum atomic E-state index is 0.978. The summed E-state index contributed by atoms with van der Waals surface area (Å²) in [6.07, 6.45) is 1.19. The maximum atomic E-state index is 3.49. The third kappa shape index (κ3) is 6.71. The fourth-order valence-electron chi connectivity index (χ4n) is 2.02. The number of likely N-dealkylation sites (N-methyl/N-ethyl adjacent to an activating group) is 2. The molecule has 0 saturated carbocycles. The molecule has 0 spiro atoms. The Morgan fingerprint density at radius 1 is 1.00 bits per heavy atom. The lowest BCUT2D eigenvalue weighted by Crippen LogP contribution is -2.28. The lowest BCUT2D eigenvalue weighted by Gasteiger charge is -2.21. The number of hydrogen-bond donors (Lipinski definition) is 1. The molecule has 0 aromatic heterocycles. The molecule has 0 amide bonds. The Hall–Kier alpha value is -0.900. The van der Waals surface area contributed by atoms with E-state index in [-0.39, 0.29) is 0 Å². The first-order valence-electron chi connectivity index (χ1n) is 7.24. The van der Waals surface area contributed by atoms with Gasteiger partial charge in [-0.1, -0.05) is 31.2 Å². The van der Waals surface area contributed by atoms with Gasteiger partial charge in [-0.05, 0) is 45.2 Å². The molecule has 19 heavy (non-hydrogen) atoms. The number of benzene rings is 1. The van der Waals surface area contributed by atoms with Crippen LogP contribution in [0.2, 0.25) is 0 Å². The van der Waals surface area contributed by atoms with E-state index >= 15 is 0 Å². The molecule has 0 atom stereocenters. The van der Waals surface area contributed by atoms with Crippen LogP contribution in [-0.4, -0.2) is 50.6 Å². The van der Waals surface area contributed by atoms with E-state index in [0.29, 0.717) is 0 Å². The average molecular weight is 263 g/mol. The summed E-state index contributed by atoms with van der Waals surface area (Å²) in [6.45, 7) is 7.50. The van der Waals surface area contributed by atoms with Crippen LogP contribution in [0.4, 0.5) is 0 Å². The smallest absolute Gasteiger partial charge is 0.0234 e. The first-order chi connectivity index (χ1) is 9.13. The van der Waals surface area contributed by atoms with E-state index in [2.05, 4.69) is 67.4 Å². The van der Waals surface area contributed by atoms with Crippen molar-refractivity contribution in [1.82, 2.24) is 15.1 Å². The predicted octanol–water partition coefficient (Wildman–Crippen LogP) is 2.18. The van der Waals surface area contributed by atoms with Crippen molar-refractivity contribution in [3.63, 3.8) is 0 Å². The monoisotopic (exact) mass is 263 g/mol. The Balaban J connectivity index is 2.51. The number of rotatable bonds is 9. The minimum absolute atomic E-state index is 0.978. The number of hydrogen-bond acceptors (Lipinski definition) is 3. The van der Waals surface area contributed by atoms with E-state index in [0.717, 1.165) is 32.7 Å². The van der Waals surface area contributed by atoms with Gasteiger partial charge in [-0.15, -0.1) is 0 Å². The molecule has 1 N–H and O–H groups in total. The summed E-state index contributed by atoms with van der Waals surface area (Å²) in [5, 5.41) is 3.49. The van der Waals surface area contributed by atoms with Gasteiger partial charge in [-0.2, -0.15) is 0 Å². The summed E-state index contributed by atoms with van der Waals surface area (Å²) >= 11 is 0. The van der Waals surface area contributed by atoms with Crippen molar-refractivity contribution in [2.45, 2.75) is 26.4 Å². The minimum Gasteiger partial charge on any atom is -0.313 e. The van der Waals surface area contributed by atoms with Gasteiger partial charge < -0.3 is 15.1 Å². The maximum absolute atomic E-state index is 3.49. The molecule has 0 heterocycles. The fraction of sp³-hybridized carbons (Fsp3) is 0.625. The molecular formula is C16H29N3. The third-order valence-corrected chi connectivity index (χ3v) is 3.23. The zero-order valence-corrected chi connectivity index (χ0v) is 12.9. The van der Waals surface area contributed by atoms with Crippen molar-refractivity contribution in [2.75, 3.05) is 40.8 Å². The van der Waals surface area contributed by atoms with Crippen molar-refractivity contribution in [1.29, 1.82) is 0 Å². The largest absolute Gasteiger partial charge is 0.313 e. The zero-order valence-electron chi connectivity index (χ0n) is 12.9. The third-order valence-electron chi connectivity index (χ3n) is 3.23. The van der Waals surface area contributed by atoms with E-state index in [4.69, 9.17) is 0 Å². The van der Waals surface area contributed by atoms with Crippen LogP contribution in [0, 0.1) is 0 Å². The van der Waals surface area contributed by atoms with Gasteiger partial charge >= 0.3 is 0 Å². The Morgan fingerprint density at radius 3 is 2.32 bits per heavy atom. The summed E-state index contributed by atoms with van der Waals surface area (Å²) in [4.78, 5) is 4.61. The van der Waals surface area contributed by atoms with Crippen molar-refractivity contribution in [3.05, 3.63) is 35.4 Å². The number of nitrogens with zero attached hydrogens (tertiary/aromatic N) is 2. The van der Waals surface area contributed by atoms with Crippen molar-refractivity contribution < 1.29 is 0 Å². The molecule has 0 fully saturated rings. The Morgan fingerprint density at radius 2 is 1.68 bits per heavy atom. The van der Waals surface area contributed by atoms with Crippen molar-refractivity contribution in [2.24, 2.45) is 0 Å². The van der Waals surface area contributed by atoms with E-state index in [9.17, 15) is 0 Å². The van der Waals surface area contributed by atoms with E-state index in [1.807, 2.05) is 0 Å². The standard InChI is InChI=1S/C16H29N3/c1-5-10-17-13-15-8-6-7-9-16(15)14-19(4)12-11-18(2)3/h6-9,17H,5,10-14H2,1-4H3. The van der Waals surface area contributed by atoms with Crippen molar-refractivity contribution >= 4 is 0 Å². The average Bonchev–Trinajstić information content (AvgIpc) is 2.39. The van der Waals surface area contributed by atoms with Gasteiger partial charge in [-0.25, -0.2) is 0 Å². The molecule has 0 saturated heterocycles. The summed E-state index contributed by atoms with van der Waals surface area (Å²) in [7, 11) is 6.44. The molecule has 1 rings (SSSR count). The second kappa shape index (κ2) is 9.08. The highest BCUT2D eigenvalue weighted by Gasteiger charge is 2.05. The van der Waals surface area contributed by atoms with Crippen LogP contribution < -0.4 is 5.32 Å². The van der Waals surface area contributed by atoms with Crippen LogP contribution in [0.25, 0.3) is 0 Å². The molecule has 0 aliphatic heterocycles. The highest BCUT2D eigenvalue weighted by Crippen LogP contribution is 2.11. The van der Waals surface area contributed by atoms with Gasteiger partial charge in [0.05, 0.1) is 0 Å². The summed E-state index contributed by atoms with van der Waals surface area (Å²) in [5.74, 6) is 0. The van der Waals surface area contributed by atoms with Gasteiger partial charge in [0.15, 0.2) is 0 Å². The van der Waals surface area contributed by atoms with Crippen LogP contribution in [0.3, 0.4) is 0 Å². The van der Waals surface area contributed by atoms with Crippen LogP contribution in [0.1, 0.15) is 24.5 Å². The van der Waals surface area contributed by atoms with Crippen LogP contribution in [0.5, 0.6) is 0 Å². The summed E-state index contributed by atoms with van der Waals surface area (Å²) in [5.41, 5.74) is 2.86. The van der Waals surface area contributed by atoms with Gasteiger partial charge in [0.1, 0.15) is 0 Å². The Bertz CT molecular complexity index is 350. The quantitative estimate of drug-likeness (QED) is 0.689. The van der Waals surface area contributed by atoms with Gasteiger partial charge in [-0.3, -0.25) is 0 Å². The van der Waals surface area contributed by atoms with Gasteiger partial charge in [0.2, 0.25) is 0 Å². The number of nitrogens with one attached hydrogen (secondary N) is 1. The SMILES string of the molecule is CCCNCc1ccccc1CN(C)CCN(C)C. The second-order valence-electron chi connectivity index (χ2n) is 5.49. The van der Waals surface area contributed by atoms with Crippen molar-refractivity contribution in [3.8, 4) is 0 Å². The Kier molecular flexibility index (Phi) is 7.72. The molecule has 0 bridgehead atoms. The molecule has 3 heteroatoms. The first-order valence-corrected chi connectivity index (χ1v) is 7.24. The molecule has 3 nitrogen and oxygen atoms in total. The highest BCUT2D eigenvalue weighted by molar-refractivity contribution is 5.26. The van der Waals surface area contributed by atoms with E-state index in [1.54, 1.807) is 0 Å².